The molecular formula is C16H19BrO4S. The summed E-state index contributed by atoms with van der Waals surface area (Å²) in [6.07, 6.45) is 2.35. The Morgan fingerprint density at radius 3 is 2.77 bits per heavy atom. The highest BCUT2D eigenvalue weighted by molar-refractivity contribution is 9.10. The number of esters is 1. The van der Waals surface area contributed by atoms with E-state index in [1.54, 1.807) is 25.8 Å². The van der Waals surface area contributed by atoms with Crippen molar-refractivity contribution in [3.63, 3.8) is 0 Å². The molecule has 1 aliphatic heterocycles. The van der Waals surface area contributed by atoms with Crippen LogP contribution in [-0.2, 0) is 9.53 Å². The summed E-state index contributed by atoms with van der Waals surface area (Å²) < 4.78 is 11.1. The molecule has 22 heavy (non-hydrogen) atoms. The topological polar surface area (TPSA) is 55.8 Å². The highest BCUT2D eigenvalue weighted by atomic mass is 79.9. The molecule has 0 spiro atoms. The molecule has 1 aromatic rings. The fourth-order valence-corrected chi connectivity index (χ4v) is 3.90. The van der Waals surface area contributed by atoms with Crippen molar-refractivity contribution in [2.45, 2.75) is 25.4 Å². The number of carbonyl (C=O) groups excluding carboxylic acids is 1. The largest absolute Gasteiger partial charge is 0.496 e. The number of ether oxygens (including phenoxy) is 2. The zero-order valence-corrected chi connectivity index (χ0v) is 15.2. The second-order valence-corrected chi connectivity index (χ2v) is 7.08. The SMILES string of the molecule is COC(=O)C(C)c1cc(Br)c(/C=C2\SCCC2O)cc1OC. The van der Waals surface area contributed by atoms with Crippen LogP contribution in [0.2, 0.25) is 0 Å². The molecule has 2 atom stereocenters. The van der Waals surface area contributed by atoms with Crippen LogP contribution in [0.15, 0.2) is 21.5 Å². The Morgan fingerprint density at radius 1 is 1.50 bits per heavy atom. The highest BCUT2D eigenvalue weighted by Gasteiger charge is 2.23. The Hall–Kier alpha value is -0.980. The van der Waals surface area contributed by atoms with Gasteiger partial charge in [0.15, 0.2) is 0 Å². The molecule has 2 unspecified atom stereocenters. The van der Waals surface area contributed by atoms with Crippen LogP contribution in [0.3, 0.4) is 0 Å². The van der Waals surface area contributed by atoms with Gasteiger partial charge in [0, 0.05) is 20.7 Å². The summed E-state index contributed by atoms with van der Waals surface area (Å²) >= 11 is 5.20. The average molecular weight is 387 g/mol. The molecule has 0 bridgehead atoms. The van der Waals surface area contributed by atoms with Crippen LogP contribution in [0.1, 0.15) is 30.4 Å². The van der Waals surface area contributed by atoms with Crippen LogP contribution >= 0.6 is 27.7 Å². The van der Waals surface area contributed by atoms with Gasteiger partial charge in [-0.3, -0.25) is 4.79 Å². The second-order valence-electron chi connectivity index (χ2n) is 5.06. The quantitative estimate of drug-likeness (QED) is 0.801. The number of thioether (sulfide) groups is 1. The van der Waals surface area contributed by atoms with Crippen LogP contribution in [0.4, 0.5) is 0 Å². The van der Waals surface area contributed by atoms with Gasteiger partial charge in [-0.1, -0.05) is 15.9 Å². The molecule has 1 saturated heterocycles. The van der Waals surface area contributed by atoms with Gasteiger partial charge < -0.3 is 14.6 Å². The van der Waals surface area contributed by atoms with Gasteiger partial charge in [0.25, 0.3) is 0 Å². The Morgan fingerprint density at radius 2 is 2.23 bits per heavy atom. The number of rotatable bonds is 4. The third kappa shape index (κ3) is 3.67. The van der Waals surface area contributed by atoms with Gasteiger partial charge in [0.2, 0.25) is 0 Å². The van der Waals surface area contributed by atoms with Crippen LogP contribution < -0.4 is 4.74 Å². The van der Waals surface area contributed by atoms with Crippen molar-refractivity contribution in [1.29, 1.82) is 0 Å². The van der Waals surface area contributed by atoms with Crippen LogP contribution in [0, 0.1) is 0 Å². The first kappa shape index (κ1) is 17.4. The lowest BCUT2D eigenvalue weighted by molar-refractivity contribution is -0.142. The van der Waals surface area contributed by atoms with Gasteiger partial charge >= 0.3 is 5.97 Å². The standard InChI is InChI=1S/C16H19BrO4S/c1-9(16(19)21-3)11-8-12(17)10(6-14(11)20-2)7-15-13(18)4-5-22-15/h6-9,13,18H,4-5H2,1-3H3/b15-7-. The minimum atomic E-state index is -0.413. The van der Waals surface area contributed by atoms with Crippen molar-refractivity contribution in [1.82, 2.24) is 0 Å². The number of aliphatic hydroxyl groups excluding tert-OH is 1. The molecule has 1 fully saturated rings. The van der Waals surface area contributed by atoms with E-state index in [0.717, 1.165) is 32.7 Å². The number of hydrogen-bond acceptors (Lipinski definition) is 5. The smallest absolute Gasteiger partial charge is 0.312 e. The third-order valence-electron chi connectivity index (χ3n) is 3.66. The van der Waals surface area contributed by atoms with E-state index in [1.807, 2.05) is 18.2 Å². The summed E-state index contributed by atoms with van der Waals surface area (Å²) in [4.78, 5) is 12.7. The predicted molar refractivity (Wildman–Crippen MR) is 92.2 cm³/mol. The Balaban J connectivity index is 2.41. The van der Waals surface area contributed by atoms with E-state index in [4.69, 9.17) is 9.47 Å². The Bertz CT molecular complexity index is 600. The number of hydrogen-bond donors (Lipinski definition) is 1. The zero-order chi connectivity index (χ0) is 16.3. The maximum atomic E-state index is 11.8. The van der Waals surface area contributed by atoms with E-state index >= 15 is 0 Å². The van der Waals surface area contributed by atoms with Crippen molar-refractivity contribution in [2.75, 3.05) is 20.0 Å². The molecule has 0 amide bonds. The Labute approximate surface area is 143 Å². The zero-order valence-electron chi connectivity index (χ0n) is 12.8. The Kier molecular flexibility index (Phi) is 5.94. The normalized spacial score (nSPS) is 21.0. The van der Waals surface area contributed by atoms with E-state index in [0.29, 0.717) is 5.75 Å². The van der Waals surface area contributed by atoms with Gasteiger partial charge in [0.05, 0.1) is 26.2 Å². The van der Waals surface area contributed by atoms with Crippen LogP contribution in [0.25, 0.3) is 6.08 Å². The van der Waals surface area contributed by atoms with Gasteiger partial charge in [-0.25, -0.2) is 0 Å². The molecule has 2 rings (SSSR count). The number of carbonyl (C=O) groups is 1. The van der Waals surface area contributed by atoms with Gasteiger partial charge in [-0.05, 0) is 37.1 Å². The fraction of sp³-hybridized carbons (Fsp3) is 0.438. The second kappa shape index (κ2) is 7.53. The molecule has 0 aromatic heterocycles. The molecule has 0 aliphatic carbocycles. The number of halogens is 1. The van der Waals surface area contributed by atoms with Crippen molar-refractivity contribution >= 4 is 39.7 Å². The van der Waals surface area contributed by atoms with Crippen molar-refractivity contribution in [2.24, 2.45) is 0 Å². The summed E-state index contributed by atoms with van der Waals surface area (Å²) in [6, 6.07) is 3.75. The van der Waals surface area contributed by atoms with E-state index in [-0.39, 0.29) is 5.97 Å². The number of aliphatic hydroxyl groups is 1. The molecule has 0 saturated carbocycles. The first-order valence-electron chi connectivity index (χ1n) is 6.95. The predicted octanol–water partition coefficient (Wildman–Crippen LogP) is 3.57. The van der Waals surface area contributed by atoms with E-state index in [1.165, 1.54) is 7.11 Å². The summed E-state index contributed by atoms with van der Waals surface area (Å²) in [5, 5.41) is 9.92. The minimum Gasteiger partial charge on any atom is -0.496 e. The molecule has 6 heteroatoms. The van der Waals surface area contributed by atoms with Crippen LogP contribution in [0.5, 0.6) is 5.75 Å². The van der Waals surface area contributed by atoms with Crippen molar-refractivity contribution in [3.8, 4) is 5.75 Å². The fourth-order valence-electron chi connectivity index (χ4n) is 2.33. The van der Waals surface area contributed by atoms with E-state index in [2.05, 4.69) is 15.9 Å². The number of benzene rings is 1. The highest BCUT2D eigenvalue weighted by Crippen LogP contribution is 2.37. The molecular weight excluding hydrogens is 368 g/mol. The third-order valence-corrected chi connectivity index (χ3v) is 5.51. The van der Waals surface area contributed by atoms with Crippen molar-refractivity contribution in [3.05, 3.63) is 32.6 Å². The van der Waals surface area contributed by atoms with Gasteiger partial charge in [0.1, 0.15) is 5.75 Å². The van der Waals surface area contributed by atoms with Gasteiger partial charge in [-0.15, -0.1) is 11.8 Å². The van der Waals surface area contributed by atoms with E-state index < -0.39 is 12.0 Å². The monoisotopic (exact) mass is 386 g/mol. The van der Waals surface area contributed by atoms with Crippen LogP contribution in [-0.4, -0.2) is 37.2 Å². The molecule has 4 nitrogen and oxygen atoms in total. The maximum absolute atomic E-state index is 11.8. The minimum absolute atomic E-state index is 0.307. The molecule has 1 heterocycles. The molecule has 1 N–H and O–H groups in total. The average Bonchev–Trinajstić information content (AvgIpc) is 2.92. The lowest BCUT2D eigenvalue weighted by Gasteiger charge is -2.16. The first-order valence-corrected chi connectivity index (χ1v) is 8.73. The molecule has 1 aromatic carbocycles. The summed E-state index contributed by atoms with van der Waals surface area (Å²) in [5.41, 5.74) is 1.68. The van der Waals surface area contributed by atoms with Crippen molar-refractivity contribution < 1.29 is 19.4 Å². The first-order chi connectivity index (χ1) is 10.5. The lowest BCUT2D eigenvalue weighted by Crippen LogP contribution is -2.12. The molecule has 1 aliphatic rings. The number of methoxy groups -OCH3 is 2. The summed E-state index contributed by atoms with van der Waals surface area (Å²) in [6.45, 7) is 1.78. The lowest BCUT2D eigenvalue weighted by atomic mass is 9.98. The summed E-state index contributed by atoms with van der Waals surface area (Å²) in [7, 11) is 2.95. The molecule has 120 valence electrons. The molecule has 0 radical (unpaired) electrons. The summed E-state index contributed by atoms with van der Waals surface area (Å²) in [5.74, 6) is 0.840. The van der Waals surface area contributed by atoms with Gasteiger partial charge in [-0.2, -0.15) is 0 Å². The van der Waals surface area contributed by atoms with E-state index in [9.17, 15) is 9.90 Å². The maximum Gasteiger partial charge on any atom is 0.312 e.